The van der Waals surface area contributed by atoms with Gasteiger partial charge in [0.1, 0.15) is 11.4 Å². The Kier molecular flexibility index (Phi) is 4.59. The lowest BCUT2D eigenvalue weighted by atomic mass is 10.0. The van der Waals surface area contributed by atoms with Gasteiger partial charge in [0, 0.05) is 18.7 Å². The first-order valence-electron chi connectivity index (χ1n) is 7.45. The minimum absolute atomic E-state index is 0.0199. The summed E-state index contributed by atoms with van der Waals surface area (Å²) in [5.74, 6) is -0.0199. The molecule has 1 aliphatic heterocycles. The summed E-state index contributed by atoms with van der Waals surface area (Å²) in [6.45, 7) is 1.92. The summed E-state index contributed by atoms with van der Waals surface area (Å²) < 4.78 is 0.726. The van der Waals surface area contributed by atoms with Crippen LogP contribution in [0, 0.1) is 0 Å². The first-order valence-corrected chi connectivity index (χ1v) is 8.25. The molecule has 1 aromatic carbocycles. The molecule has 0 radical (unpaired) electrons. The number of aromatic nitrogens is 2. The summed E-state index contributed by atoms with van der Waals surface area (Å²) in [6, 6.07) is 10.1. The Morgan fingerprint density at radius 1 is 1.27 bits per heavy atom. The molecule has 116 valence electrons. The highest BCUT2D eigenvalue weighted by Gasteiger charge is 2.26. The molecule has 6 heteroatoms. The van der Waals surface area contributed by atoms with E-state index in [0.29, 0.717) is 5.69 Å². The van der Waals surface area contributed by atoms with E-state index < -0.39 is 0 Å². The molecule has 2 heterocycles. The molecule has 1 aromatic heterocycles. The first-order chi connectivity index (χ1) is 10.7. The van der Waals surface area contributed by atoms with Gasteiger partial charge in [0.05, 0.1) is 4.47 Å². The Labute approximate surface area is 138 Å². The van der Waals surface area contributed by atoms with E-state index in [1.165, 1.54) is 0 Å². The lowest BCUT2D eigenvalue weighted by Crippen LogP contribution is -2.44. The molecule has 1 amide bonds. The summed E-state index contributed by atoms with van der Waals surface area (Å²) >= 11 is 3.53. The van der Waals surface area contributed by atoms with Gasteiger partial charge in [0.15, 0.2) is 0 Å². The number of rotatable bonds is 3. The van der Waals surface area contributed by atoms with Crippen LogP contribution >= 0.6 is 15.9 Å². The van der Waals surface area contributed by atoms with Crippen molar-refractivity contribution in [2.45, 2.75) is 18.9 Å². The van der Waals surface area contributed by atoms with Gasteiger partial charge in [-0.1, -0.05) is 30.3 Å². The van der Waals surface area contributed by atoms with Crippen molar-refractivity contribution in [2.24, 2.45) is 0 Å². The molecule has 22 heavy (non-hydrogen) atoms. The quantitative estimate of drug-likeness (QED) is 0.882. The van der Waals surface area contributed by atoms with Gasteiger partial charge in [-0.15, -0.1) is 0 Å². The van der Waals surface area contributed by atoms with E-state index in [1.54, 1.807) is 0 Å². The number of halogens is 1. The van der Waals surface area contributed by atoms with Crippen LogP contribution in [0.5, 0.6) is 0 Å². The van der Waals surface area contributed by atoms with Crippen LogP contribution in [0.1, 0.15) is 23.3 Å². The molecule has 2 aromatic rings. The number of hydrogen-bond acceptors (Lipinski definition) is 3. The Morgan fingerprint density at radius 2 is 1.95 bits per heavy atom. The second-order valence-corrected chi connectivity index (χ2v) is 6.32. The van der Waals surface area contributed by atoms with Crippen molar-refractivity contribution in [3.05, 3.63) is 40.5 Å². The van der Waals surface area contributed by atoms with Crippen LogP contribution in [0.2, 0.25) is 0 Å². The average Bonchev–Trinajstić information content (AvgIpc) is 2.96. The van der Waals surface area contributed by atoms with Gasteiger partial charge in [0.2, 0.25) is 0 Å². The normalized spacial score (nSPS) is 15.7. The third-order valence-electron chi connectivity index (χ3n) is 4.14. The smallest absolute Gasteiger partial charge is 0.273 e. The van der Waals surface area contributed by atoms with Gasteiger partial charge in [-0.25, -0.2) is 0 Å². The number of nitrogens with zero attached hydrogens (tertiary/aromatic N) is 2. The summed E-state index contributed by atoms with van der Waals surface area (Å²) in [5, 5.41) is 10.5. The minimum Gasteiger partial charge on any atom is -0.337 e. The van der Waals surface area contributed by atoms with Gasteiger partial charge >= 0.3 is 0 Å². The molecule has 0 spiro atoms. The van der Waals surface area contributed by atoms with Crippen LogP contribution in [0.3, 0.4) is 0 Å². The number of amides is 1. The second-order valence-electron chi connectivity index (χ2n) is 5.52. The number of benzene rings is 1. The topological polar surface area (TPSA) is 61.0 Å². The fourth-order valence-electron chi connectivity index (χ4n) is 2.79. The number of aromatic amines is 1. The van der Waals surface area contributed by atoms with Crippen molar-refractivity contribution in [2.75, 3.05) is 20.1 Å². The molecular formula is C16H19BrN4O. The summed E-state index contributed by atoms with van der Waals surface area (Å²) in [7, 11) is 1.87. The lowest BCUT2D eigenvalue weighted by molar-refractivity contribution is 0.0696. The maximum absolute atomic E-state index is 12.7. The first kappa shape index (κ1) is 15.2. The van der Waals surface area contributed by atoms with E-state index in [9.17, 15) is 4.79 Å². The van der Waals surface area contributed by atoms with Crippen molar-refractivity contribution in [3.63, 3.8) is 0 Å². The van der Waals surface area contributed by atoms with Crippen molar-refractivity contribution in [1.82, 2.24) is 20.4 Å². The molecule has 1 aliphatic rings. The van der Waals surface area contributed by atoms with E-state index in [4.69, 9.17) is 0 Å². The number of H-pyrrole nitrogens is 1. The number of hydrogen-bond donors (Lipinski definition) is 2. The zero-order valence-corrected chi connectivity index (χ0v) is 14.1. The second kappa shape index (κ2) is 6.62. The van der Waals surface area contributed by atoms with E-state index >= 15 is 0 Å². The van der Waals surface area contributed by atoms with Gasteiger partial charge in [-0.2, -0.15) is 5.10 Å². The maximum atomic E-state index is 12.7. The van der Waals surface area contributed by atoms with Crippen LogP contribution in [0.25, 0.3) is 11.3 Å². The zero-order valence-electron chi connectivity index (χ0n) is 12.5. The van der Waals surface area contributed by atoms with Crippen LogP contribution in [-0.2, 0) is 0 Å². The highest BCUT2D eigenvalue weighted by atomic mass is 79.9. The maximum Gasteiger partial charge on any atom is 0.273 e. The van der Waals surface area contributed by atoms with Crippen molar-refractivity contribution in [3.8, 4) is 11.3 Å². The van der Waals surface area contributed by atoms with Gasteiger partial charge < -0.3 is 10.2 Å². The molecule has 0 atom stereocenters. The summed E-state index contributed by atoms with van der Waals surface area (Å²) in [5.41, 5.74) is 2.26. The molecule has 0 aliphatic carbocycles. The average molecular weight is 363 g/mol. The molecular weight excluding hydrogens is 344 g/mol. The SMILES string of the molecule is CN(C(=O)c1[nH]nc(-c2ccccc2)c1Br)C1CCNCC1. The van der Waals surface area contributed by atoms with E-state index in [1.807, 2.05) is 42.3 Å². The third kappa shape index (κ3) is 2.94. The standard InChI is InChI=1S/C16H19BrN4O/c1-21(12-7-9-18-10-8-12)16(22)15-13(17)14(19-20-15)11-5-3-2-4-6-11/h2-6,12,18H,7-10H2,1H3,(H,19,20). The Balaban J connectivity index is 1.83. The fraction of sp³-hybridized carbons (Fsp3) is 0.375. The zero-order chi connectivity index (χ0) is 15.5. The van der Waals surface area contributed by atoms with Gasteiger partial charge in [-0.05, 0) is 41.9 Å². The van der Waals surface area contributed by atoms with Crippen LogP contribution in [0.15, 0.2) is 34.8 Å². The number of carbonyl (C=O) groups is 1. The molecule has 3 rings (SSSR count). The molecule has 0 saturated carbocycles. The van der Waals surface area contributed by atoms with Crippen LogP contribution < -0.4 is 5.32 Å². The Bertz CT molecular complexity index is 649. The monoisotopic (exact) mass is 362 g/mol. The summed E-state index contributed by atoms with van der Waals surface area (Å²) in [6.07, 6.45) is 1.97. The highest BCUT2D eigenvalue weighted by Crippen LogP contribution is 2.29. The van der Waals surface area contributed by atoms with Crippen molar-refractivity contribution >= 4 is 21.8 Å². The predicted molar refractivity (Wildman–Crippen MR) is 89.7 cm³/mol. The molecule has 1 fully saturated rings. The van der Waals surface area contributed by atoms with Crippen molar-refractivity contribution in [1.29, 1.82) is 0 Å². The highest BCUT2D eigenvalue weighted by molar-refractivity contribution is 9.10. The third-order valence-corrected chi connectivity index (χ3v) is 4.92. The van der Waals surface area contributed by atoms with Crippen LogP contribution in [0.4, 0.5) is 0 Å². The minimum atomic E-state index is -0.0199. The number of nitrogens with one attached hydrogen (secondary N) is 2. The lowest BCUT2D eigenvalue weighted by Gasteiger charge is -2.31. The van der Waals surface area contributed by atoms with Gasteiger partial charge in [0.25, 0.3) is 5.91 Å². The Hall–Kier alpha value is -1.66. The van der Waals surface area contributed by atoms with E-state index in [-0.39, 0.29) is 11.9 Å². The molecule has 5 nitrogen and oxygen atoms in total. The molecule has 2 N–H and O–H groups in total. The van der Waals surface area contributed by atoms with E-state index in [0.717, 1.165) is 41.7 Å². The van der Waals surface area contributed by atoms with Gasteiger partial charge in [-0.3, -0.25) is 9.89 Å². The predicted octanol–water partition coefficient (Wildman–Crippen LogP) is 2.66. The van der Waals surface area contributed by atoms with Crippen LogP contribution in [-0.4, -0.2) is 47.2 Å². The molecule has 0 bridgehead atoms. The van der Waals surface area contributed by atoms with E-state index in [2.05, 4.69) is 31.4 Å². The molecule has 1 saturated heterocycles. The fourth-order valence-corrected chi connectivity index (χ4v) is 3.37. The number of piperidine rings is 1. The number of carbonyl (C=O) groups excluding carboxylic acids is 1. The molecule has 0 unspecified atom stereocenters. The van der Waals surface area contributed by atoms with Crippen molar-refractivity contribution < 1.29 is 4.79 Å². The summed E-state index contributed by atoms with van der Waals surface area (Å²) in [4.78, 5) is 14.5. The Morgan fingerprint density at radius 3 is 2.64 bits per heavy atom. The largest absolute Gasteiger partial charge is 0.337 e.